The van der Waals surface area contributed by atoms with Crippen LogP contribution in [0.2, 0.25) is 0 Å². The van der Waals surface area contributed by atoms with E-state index in [9.17, 15) is 9.59 Å². The number of rotatable bonds is 8. The van der Waals surface area contributed by atoms with E-state index >= 15 is 0 Å². The third-order valence-corrected chi connectivity index (χ3v) is 3.09. The fourth-order valence-electron chi connectivity index (χ4n) is 1.87. The molecule has 0 saturated carbocycles. The van der Waals surface area contributed by atoms with E-state index in [0.29, 0.717) is 5.56 Å². The second-order valence-electron chi connectivity index (χ2n) is 4.82. The van der Waals surface area contributed by atoms with Gasteiger partial charge in [0.1, 0.15) is 0 Å². The number of benzene rings is 1. The normalized spacial score (nSPS) is 11.8. The molecule has 0 aliphatic carbocycles. The Labute approximate surface area is 124 Å². The number of anilines is 1. The summed E-state index contributed by atoms with van der Waals surface area (Å²) in [4.78, 5) is 25.7. The topological polar surface area (TPSA) is 78.9 Å². The minimum atomic E-state index is -0.699. The van der Waals surface area contributed by atoms with Crippen molar-refractivity contribution in [1.82, 2.24) is 5.32 Å². The lowest BCUT2D eigenvalue weighted by atomic mass is 10.0. The molecule has 0 radical (unpaired) electrons. The van der Waals surface area contributed by atoms with Gasteiger partial charge in [-0.25, -0.2) is 0 Å². The molecular formula is C15H22N2O4. The molecule has 0 heterocycles. The maximum Gasteiger partial charge on any atom is 0.307 e. The zero-order valence-corrected chi connectivity index (χ0v) is 12.6. The summed E-state index contributed by atoms with van der Waals surface area (Å²) in [7, 11) is 5.11. The van der Waals surface area contributed by atoms with Crippen molar-refractivity contribution < 1.29 is 19.4 Å². The summed E-state index contributed by atoms with van der Waals surface area (Å²) in [5.41, 5.74) is 1.50. The highest BCUT2D eigenvalue weighted by Gasteiger charge is 2.23. The molecule has 1 atom stereocenters. The van der Waals surface area contributed by atoms with Gasteiger partial charge >= 0.3 is 5.97 Å². The summed E-state index contributed by atoms with van der Waals surface area (Å²) in [6, 6.07) is 6.43. The van der Waals surface area contributed by atoms with Crippen LogP contribution in [0.25, 0.3) is 0 Å². The summed E-state index contributed by atoms with van der Waals surface area (Å²) >= 11 is 0. The minimum Gasteiger partial charge on any atom is -0.469 e. The third kappa shape index (κ3) is 5.17. The molecule has 0 aliphatic heterocycles. The monoisotopic (exact) mass is 294 g/mol. The number of ether oxygens (including phenoxy) is 1. The molecule has 1 aromatic rings. The Morgan fingerprint density at radius 3 is 2.38 bits per heavy atom. The van der Waals surface area contributed by atoms with Crippen LogP contribution in [0.1, 0.15) is 16.8 Å². The summed E-state index contributed by atoms with van der Waals surface area (Å²) in [6.45, 7) is 0.133. The van der Waals surface area contributed by atoms with E-state index in [-0.39, 0.29) is 25.4 Å². The third-order valence-electron chi connectivity index (χ3n) is 3.09. The maximum absolute atomic E-state index is 12.4. The van der Waals surface area contributed by atoms with E-state index in [1.807, 2.05) is 31.1 Å². The Hall–Kier alpha value is -1.92. The molecule has 1 rings (SSSR count). The van der Waals surface area contributed by atoms with Gasteiger partial charge in [0.05, 0.1) is 26.2 Å². The van der Waals surface area contributed by atoms with Crippen molar-refractivity contribution in [3.8, 4) is 0 Å². The van der Waals surface area contributed by atoms with Crippen LogP contribution in [0.5, 0.6) is 0 Å². The first-order chi connectivity index (χ1) is 9.99. The van der Waals surface area contributed by atoms with E-state index < -0.39 is 12.0 Å². The number of nitrogens with zero attached hydrogens (tertiary/aromatic N) is 1. The Bertz CT molecular complexity index is 471. The molecule has 21 heavy (non-hydrogen) atoms. The fourth-order valence-corrected chi connectivity index (χ4v) is 1.87. The number of methoxy groups -OCH3 is 1. The second kappa shape index (κ2) is 8.39. The summed E-state index contributed by atoms with van der Waals surface area (Å²) < 4.78 is 4.60. The van der Waals surface area contributed by atoms with Gasteiger partial charge in [0, 0.05) is 31.9 Å². The number of aliphatic hydroxyl groups excluding tert-OH is 1. The predicted octanol–water partition coefficient (Wildman–Crippen LogP) is 0.449. The molecule has 0 aromatic heterocycles. The highest BCUT2D eigenvalue weighted by Crippen LogP contribution is 2.14. The standard InChI is InChI=1S/C15H22N2O4/c1-17(2)12-6-4-11(5-7-12)15(20)13(16-8-9-18)10-14(19)21-3/h4-7,13,16,18H,8-10H2,1-3H3. The van der Waals surface area contributed by atoms with Crippen molar-refractivity contribution in [1.29, 1.82) is 0 Å². The van der Waals surface area contributed by atoms with Crippen molar-refractivity contribution in [2.75, 3.05) is 39.3 Å². The maximum atomic E-state index is 12.4. The van der Waals surface area contributed by atoms with Crippen molar-refractivity contribution in [2.45, 2.75) is 12.5 Å². The molecule has 6 nitrogen and oxygen atoms in total. The van der Waals surface area contributed by atoms with Gasteiger partial charge < -0.3 is 20.1 Å². The zero-order valence-electron chi connectivity index (χ0n) is 12.6. The lowest BCUT2D eigenvalue weighted by Gasteiger charge is -2.17. The fraction of sp³-hybridized carbons (Fsp3) is 0.467. The number of Topliss-reactive ketones (excluding diaryl/α,β-unsaturated/α-hetero) is 1. The molecule has 0 fully saturated rings. The number of esters is 1. The molecule has 0 aliphatic rings. The average Bonchev–Trinajstić information content (AvgIpc) is 2.50. The molecule has 0 saturated heterocycles. The number of aliphatic hydroxyl groups is 1. The van der Waals surface area contributed by atoms with Crippen molar-refractivity contribution in [3.63, 3.8) is 0 Å². The Kier molecular flexibility index (Phi) is 6.84. The average molecular weight is 294 g/mol. The van der Waals surface area contributed by atoms with E-state index in [1.165, 1.54) is 7.11 Å². The highest BCUT2D eigenvalue weighted by atomic mass is 16.5. The van der Waals surface area contributed by atoms with Crippen molar-refractivity contribution in [3.05, 3.63) is 29.8 Å². The number of nitrogens with one attached hydrogen (secondary N) is 1. The molecule has 0 amide bonds. The molecule has 0 bridgehead atoms. The van der Waals surface area contributed by atoms with Gasteiger partial charge in [-0.2, -0.15) is 0 Å². The Balaban J connectivity index is 2.85. The minimum absolute atomic E-state index is 0.0647. The van der Waals surface area contributed by atoms with Gasteiger partial charge in [-0.05, 0) is 24.3 Å². The number of carbonyl (C=O) groups is 2. The van der Waals surface area contributed by atoms with Gasteiger partial charge in [0.2, 0.25) is 0 Å². The number of carbonyl (C=O) groups excluding carboxylic acids is 2. The van der Waals surface area contributed by atoms with Crippen LogP contribution < -0.4 is 10.2 Å². The van der Waals surface area contributed by atoms with Crippen LogP contribution in [-0.2, 0) is 9.53 Å². The molecule has 6 heteroatoms. The SMILES string of the molecule is COC(=O)CC(NCCO)C(=O)c1ccc(N(C)C)cc1. The predicted molar refractivity (Wildman–Crippen MR) is 80.6 cm³/mol. The van der Waals surface area contributed by atoms with Crippen LogP contribution in [-0.4, -0.2) is 57.3 Å². The van der Waals surface area contributed by atoms with Crippen LogP contribution in [0.4, 0.5) is 5.69 Å². The Morgan fingerprint density at radius 2 is 1.90 bits per heavy atom. The van der Waals surface area contributed by atoms with Crippen molar-refractivity contribution >= 4 is 17.4 Å². The quantitative estimate of drug-likeness (QED) is 0.535. The first kappa shape index (κ1) is 17.1. The van der Waals surface area contributed by atoms with Crippen LogP contribution in [0, 0.1) is 0 Å². The summed E-state index contributed by atoms with van der Waals surface area (Å²) in [5.74, 6) is -0.664. The van der Waals surface area contributed by atoms with Gasteiger partial charge in [-0.1, -0.05) is 0 Å². The molecule has 1 aromatic carbocycles. The van der Waals surface area contributed by atoms with Crippen LogP contribution in [0.15, 0.2) is 24.3 Å². The van der Waals surface area contributed by atoms with E-state index in [2.05, 4.69) is 10.1 Å². The van der Waals surface area contributed by atoms with Crippen molar-refractivity contribution in [2.24, 2.45) is 0 Å². The molecule has 1 unspecified atom stereocenters. The molecule has 116 valence electrons. The summed E-state index contributed by atoms with van der Waals surface area (Å²) in [5, 5.41) is 11.7. The van der Waals surface area contributed by atoms with Gasteiger partial charge in [-0.3, -0.25) is 9.59 Å². The van der Waals surface area contributed by atoms with E-state index in [0.717, 1.165) is 5.69 Å². The molecule has 0 spiro atoms. The largest absolute Gasteiger partial charge is 0.469 e. The van der Waals surface area contributed by atoms with Gasteiger partial charge in [0.15, 0.2) is 5.78 Å². The number of hydrogen-bond acceptors (Lipinski definition) is 6. The first-order valence-corrected chi connectivity index (χ1v) is 6.72. The second-order valence-corrected chi connectivity index (χ2v) is 4.82. The first-order valence-electron chi connectivity index (χ1n) is 6.72. The smallest absolute Gasteiger partial charge is 0.307 e. The van der Waals surface area contributed by atoms with Crippen LogP contribution >= 0.6 is 0 Å². The highest BCUT2D eigenvalue weighted by molar-refractivity contribution is 6.02. The Morgan fingerprint density at radius 1 is 1.29 bits per heavy atom. The summed E-state index contributed by atoms with van der Waals surface area (Å²) in [6.07, 6.45) is -0.0647. The van der Waals surface area contributed by atoms with E-state index in [4.69, 9.17) is 5.11 Å². The van der Waals surface area contributed by atoms with E-state index in [1.54, 1.807) is 12.1 Å². The number of ketones is 1. The zero-order chi connectivity index (χ0) is 15.8. The molecular weight excluding hydrogens is 272 g/mol. The lowest BCUT2D eigenvalue weighted by molar-refractivity contribution is -0.141. The number of hydrogen-bond donors (Lipinski definition) is 2. The van der Waals surface area contributed by atoms with Gasteiger partial charge in [-0.15, -0.1) is 0 Å². The van der Waals surface area contributed by atoms with Crippen LogP contribution in [0.3, 0.4) is 0 Å². The lowest BCUT2D eigenvalue weighted by Crippen LogP contribution is -2.40. The molecule has 2 N–H and O–H groups in total. The van der Waals surface area contributed by atoms with Gasteiger partial charge in [0.25, 0.3) is 0 Å².